The molecule has 0 N–H and O–H groups in total. The van der Waals surface area contributed by atoms with Crippen molar-refractivity contribution in [1.29, 1.82) is 0 Å². The van der Waals surface area contributed by atoms with Crippen LogP contribution in [0.4, 0.5) is 51.2 Å². The second-order valence-corrected chi connectivity index (χ2v) is 21.9. The highest BCUT2D eigenvalue weighted by atomic mass is 32.1. The number of hydrogen-bond donors (Lipinski definition) is 0. The van der Waals surface area contributed by atoms with Crippen LogP contribution < -0.4 is 35.1 Å². The molecule has 3 aliphatic heterocycles. The van der Waals surface area contributed by atoms with Crippen LogP contribution >= 0.6 is 11.3 Å². The van der Waals surface area contributed by atoms with Gasteiger partial charge >= 0.3 is 0 Å². The fourth-order valence-electron chi connectivity index (χ4n) is 11.3. The van der Waals surface area contributed by atoms with Gasteiger partial charge in [0.15, 0.2) is 0 Å². The molecule has 0 saturated heterocycles. The Balaban J connectivity index is 1.12. The lowest BCUT2D eigenvalue weighted by molar-refractivity contribution is 0.256. The van der Waals surface area contributed by atoms with E-state index in [2.05, 4.69) is 226 Å². The summed E-state index contributed by atoms with van der Waals surface area (Å²) in [7, 11) is 0. The molecule has 4 nitrogen and oxygen atoms in total. The average Bonchev–Trinajstić information content (AvgIpc) is 3.89. The van der Waals surface area contributed by atoms with Gasteiger partial charge < -0.3 is 19.4 Å². The summed E-state index contributed by atoms with van der Waals surface area (Å²) in [5.41, 5.74) is 20.3. The molecule has 6 aromatic carbocycles. The number of rotatable bonds is 5. The number of nitrogens with zero attached hydrogens (tertiary/aromatic N) is 3. The monoisotopic (exact) mass is 865 g/mol. The Morgan fingerprint density at radius 1 is 0.646 bits per heavy atom. The van der Waals surface area contributed by atoms with Crippen LogP contribution in [-0.2, 0) is 23.7 Å². The van der Waals surface area contributed by atoms with Gasteiger partial charge in [0, 0.05) is 60.9 Å². The third-order valence-corrected chi connectivity index (χ3v) is 16.0. The SMILES string of the molecule is CC1=CC=CC2c3cccc(N4c5cc(N(c6ccc(C(C)(C)C)cc6)c6ccc(C(C)(C)C)cc6)ccc5B5c6sc7c(c6N(c6ccccc6)c6cccc4c65)CCCC7)c3OC12. The molecule has 322 valence electrons. The number of para-hydroxylation sites is 2. The van der Waals surface area contributed by atoms with Gasteiger partial charge in [0.1, 0.15) is 11.9 Å². The summed E-state index contributed by atoms with van der Waals surface area (Å²) in [6.07, 6.45) is 11.5. The van der Waals surface area contributed by atoms with Gasteiger partial charge in [0.25, 0.3) is 6.71 Å². The first-order valence-corrected chi connectivity index (χ1v) is 24.5. The Hall–Kier alpha value is -6.24. The first-order chi connectivity index (χ1) is 31.4. The van der Waals surface area contributed by atoms with Crippen LogP contribution in [0.15, 0.2) is 157 Å². The van der Waals surface area contributed by atoms with Crippen LogP contribution in [0.3, 0.4) is 0 Å². The van der Waals surface area contributed by atoms with E-state index in [1.165, 1.54) is 79.2 Å². The van der Waals surface area contributed by atoms with Crippen LogP contribution in [0.2, 0.25) is 0 Å². The lowest BCUT2D eigenvalue weighted by Gasteiger charge is -2.44. The van der Waals surface area contributed by atoms with Crippen LogP contribution in [0.1, 0.15) is 94.4 Å². The first kappa shape index (κ1) is 40.3. The standard InChI is InChI=1S/C59H56BN3OS/c1-37-16-13-20-44-45-21-14-24-50(56(45)64-55(37)44)63-49-23-15-22-48-53(49)60(57-54(46-19-11-12-25-52(46)65-57)62(48)40-17-9-8-10-18-40)47-35-34-43(36-51(47)63)61(41-30-26-38(27-31-41)58(2,3)4)42-32-28-39(29-33-42)59(5,6)7/h8-10,13-18,20-24,26-36,44,55H,11-12,19,25H2,1-7H3. The fourth-order valence-corrected chi connectivity index (χ4v) is 12.8. The topological polar surface area (TPSA) is 19.0 Å². The van der Waals surface area contributed by atoms with Crippen molar-refractivity contribution in [2.24, 2.45) is 0 Å². The van der Waals surface area contributed by atoms with Gasteiger partial charge in [0.2, 0.25) is 0 Å². The molecule has 1 aromatic heterocycles. The number of thiophene rings is 1. The summed E-state index contributed by atoms with van der Waals surface area (Å²) >= 11 is 2.07. The molecule has 65 heavy (non-hydrogen) atoms. The van der Waals surface area contributed by atoms with Crippen molar-refractivity contribution in [3.8, 4) is 5.75 Å². The van der Waals surface area contributed by atoms with Crippen LogP contribution in [0, 0.1) is 0 Å². The van der Waals surface area contributed by atoms with Gasteiger partial charge in [-0.3, -0.25) is 0 Å². The number of hydrogen-bond acceptors (Lipinski definition) is 5. The predicted molar refractivity (Wildman–Crippen MR) is 277 cm³/mol. The molecule has 12 rings (SSSR count). The Bertz CT molecular complexity index is 3020. The maximum Gasteiger partial charge on any atom is 0.264 e. The molecule has 0 saturated carbocycles. The van der Waals surface area contributed by atoms with E-state index in [4.69, 9.17) is 4.74 Å². The van der Waals surface area contributed by atoms with E-state index in [9.17, 15) is 0 Å². The van der Waals surface area contributed by atoms with Crippen LogP contribution in [-0.4, -0.2) is 12.8 Å². The van der Waals surface area contributed by atoms with E-state index in [1.807, 2.05) is 0 Å². The number of allylic oxidation sites excluding steroid dienone is 2. The lowest BCUT2D eigenvalue weighted by atomic mass is 9.36. The van der Waals surface area contributed by atoms with Gasteiger partial charge in [-0.05, 0) is 143 Å². The molecule has 0 radical (unpaired) electrons. The van der Waals surface area contributed by atoms with Crippen molar-refractivity contribution in [3.05, 3.63) is 184 Å². The summed E-state index contributed by atoms with van der Waals surface area (Å²) in [6.45, 7) is 16.0. The average molecular weight is 866 g/mol. The van der Waals surface area contributed by atoms with Gasteiger partial charge in [-0.2, -0.15) is 11.3 Å². The quantitative estimate of drug-likeness (QED) is 0.160. The van der Waals surface area contributed by atoms with Crippen LogP contribution in [0.25, 0.3) is 0 Å². The number of anilines is 9. The van der Waals surface area contributed by atoms with E-state index in [-0.39, 0.29) is 29.6 Å². The highest BCUT2D eigenvalue weighted by molar-refractivity contribution is 7.29. The van der Waals surface area contributed by atoms with Gasteiger partial charge in [0.05, 0.1) is 11.4 Å². The van der Waals surface area contributed by atoms with Gasteiger partial charge in [-0.15, -0.1) is 0 Å². The molecule has 0 fully saturated rings. The summed E-state index contributed by atoms with van der Waals surface area (Å²) < 4.78 is 8.62. The van der Waals surface area contributed by atoms with E-state index in [1.54, 1.807) is 10.4 Å². The highest BCUT2D eigenvalue weighted by Crippen LogP contribution is 2.54. The third kappa shape index (κ3) is 6.38. The summed E-state index contributed by atoms with van der Waals surface area (Å²) in [5.74, 6) is 1.16. The Morgan fingerprint density at radius 3 is 1.97 bits per heavy atom. The minimum absolute atomic E-state index is 0.0135. The predicted octanol–water partition coefficient (Wildman–Crippen LogP) is 14.1. The maximum absolute atomic E-state index is 7.15. The Labute approximate surface area is 389 Å². The largest absolute Gasteiger partial charge is 0.483 e. The minimum Gasteiger partial charge on any atom is -0.483 e. The molecule has 0 amide bonds. The zero-order chi connectivity index (χ0) is 44.4. The normalized spacial score (nSPS) is 17.9. The number of benzene rings is 6. The van der Waals surface area contributed by atoms with Crippen molar-refractivity contribution in [1.82, 2.24) is 0 Å². The third-order valence-electron chi connectivity index (χ3n) is 14.6. The summed E-state index contributed by atoms with van der Waals surface area (Å²) in [4.78, 5) is 9.18. The zero-order valence-electron chi connectivity index (χ0n) is 38.7. The van der Waals surface area contributed by atoms with Crippen molar-refractivity contribution in [2.45, 2.75) is 97.0 Å². The van der Waals surface area contributed by atoms with Gasteiger partial charge in [-0.1, -0.05) is 127 Å². The van der Waals surface area contributed by atoms with Gasteiger partial charge in [-0.25, -0.2) is 0 Å². The Kier molecular flexibility index (Phi) is 9.24. The molecular formula is C59H56BN3OS. The fraction of sp³-hybridized carbons (Fsp3) is 0.254. The van der Waals surface area contributed by atoms with Crippen molar-refractivity contribution < 1.29 is 4.74 Å². The van der Waals surface area contributed by atoms with E-state index in [0.29, 0.717) is 0 Å². The van der Waals surface area contributed by atoms with Crippen LogP contribution in [0.5, 0.6) is 5.75 Å². The second-order valence-electron chi connectivity index (χ2n) is 20.8. The highest BCUT2D eigenvalue weighted by Gasteiger charge is 2.47. The second kappa shape index (κ2) is 14.9. The Morgan fingerprint density at radius 2 is 1.28 bits per heavy atom. The lowest BCUT2D eigenvalue weighted by Crippen LogP contribution is -2.60. The number of fused-ring (bicyclic) bond motifs is 9. The smallest absolute Gasteiger partial charge is 0.264 e. The van der Waals surface area contributed by atoms with E-state index >= 15 is 0 Å². The molecule has 5 aliphatic rings. The van der Waals surface area contributed by atoms with E-state index < -0.39 is 0 Å². The van der Waals surface area contributed by atoms with Crippen molar-refractivity contribution in [2.75, 3.05) is 14.7 Å². The minimum atomic E-state index is -0.0135. The number of ether oxygens (including phenoxy) is 1. The summed E-state index contributed by atoms with van der Waals surface area (Å²) in [5, 5.41) is 0. The van der Waals surface area contributed by atoms with Crippen molar-refractivity contribution in [3.63, 3.8) is 0 Å². The zero-order valence-corrected chi connectivity index (χ0v) is 39.5. The number of aryl methyl sites for hydroxylation is 1. The van der Waals surface area contributed by atoms with Crippen molar-refractivity contribution >= 4 is 84.9 Å². The molecule has 0 bridgehead atoms. The molecule has 2 aliphatic carbocycles. The van der Waals surface area contributed by atoms with E-state index in [0.717, 1.165) is 41.3 Å². The molecule has 0 spiro atoms. The molecule has 2 unspecified atom stereocenters. The molecule has 7 aromatic rings. The summed E-state index contributed by atoms with van der Waals surface area (Å²) in [6, 6.07) is 50.7. The maximum atomic E-state index is 7.15. The first-order valence-electron chi connectivity index (χ1n) is 23.7. The molecule has 6 heteroatoms. The molecular weight excluding hydrogens is 810 g/mol. The molecule has 4 heterocycles. The molecule has 2 atom stereocenters.